The summed E-state index contributed by atoms with van der Waals surface area (Å²) >= 11 is 3.52. The largest absolute Gasteiger partial charge is 0.480 e. The van der Waals surface area contributed by atoms with Crippen molar-refractivity contribution in [3.8, 4) is 0 Å². The molecular weight excluding hydrogens is 356 g/mol. The molecule has 0 spiro atoms. The molecule has 3 rings (SSSR count). The van der Waals surface area contributed by atoms with Gasteiger partial charge in [-0.15, -0.1) is 0 Å². The van der Waals surface area contributed by atoms with Crippen molar-refractivity contribution < 1.29 is 9.90 Å². The van der Waals surface area contributed by atoms with Gasteiger partial charge >= 0.3 is 5.97 Å². The van der Waals surface area contributed by atoms with E-state index in [9.17, 15) is 9.90 Å². The summed E-state index contributed by atoms with van der Waals surface area (Å²) in [6.07, 6.45) is 3.36. The standard InChI is InChI=1S/C18H19BrN2O2/c1-12-5-3-9-20-16(12)17(13-6-2-7-14(19)11-13)21-10-4-8-15(21)18(22)23/h2-3,5-7,9,11,15,17H,4,8,10H2,1H3,(H,22,23). The SMILES string of the molecule is Cc1cccnc1C(c1cccc(Br)c1)N1CCCC1C(=O)O. The van der Waals surface area contributed by atoms with E-state index in [0.29, 0.717) is 6.42 Å². The lowest BCUT2D eigenvalue weighted by atomic mass is 9.97. The molecule has 1 saturated heterocycles. The monoisotopic (exact) mass is 374 g/mol. The minimum Gasteiger partial charge on any atom is -0.480 e. The first-order valence-corrected chi connectivity index (χ1v) is 8.53. The lowest BCUT2D eigenvalue weighted by molar-refractivity contribution is -0.142. The number of carboxylic acids is 1. The van der Waals surface area contributed by atoms with Gasteiger partial charge in [0.05, 0.1) is 11.7 Å². The summed E-state index contributed by atoms with van der Waals surface area (Å²) in [6.45, 7) is 2.79. The van der Waals surface area contributed by atoms with Crippen LogP contribution in [0.15, 0.2) is 47.1 Å². The first-order chi connectivity index (χ1) is 11.1. The Morgan fingerprint density at radius 1 is 1.39 bits per heavy atom. The fourth-order valence-electron chi connectivity index (χ4n) is 3.33. The van der Waals surface area contributed by atoms with Crippen LogP contribution >= 0.6 is 15.9 Å². The van der Waals surface area contributed by atoms with E-state index in [2.05, 4.69) is 31.9 Å². The van der Waals surface area contributed by atoms with E-state index in [1.807, 2.05) is 37.3 Å². The van der Waals surface area contributed by atoms with Crippen LogP contribution in [0.3, 0.4) is 0 Å². The van der Waals surface area contributed by atoms with Gasteiger partial charge in [-0.3, -0.25) is 14.7 Å². The number of carbonyl (C=O) groups is 1. The number of likely N-dealkylation sites (tertiary alicyclic amines) is 1. The Labute approximate surface area is 144 Å². The van der Waals surface area contributed by atoms with Gasteiger partial charge in [-0.2, -0.15) is 0 Å². The Hall–Kier alpha value is -1.72. The Morgan fingerprint density at radius 3 is 2.91 bits per heavy atom. The molecule has 0 aliphatic carbocycles. The molecule has 1 aliphatic heterocycles. The average molecular weight is 375 g/mol. The maximum atomic E-state index is 11.7. The Kier molecular flexibility index (Phi) is 4.78. The maximum Gasteiger partial charge on any atom is 0.320 e. The Balaban J connectivity index is 2.11. The van der Waals surface area contributed by atoms with E-state index in [1.54, 1.807) is 6.20 Å². The van der Waals surface area contributed by atoms with E-state index in [4.69, 9.17) is 0 Å². The van der Waals surface area contributed by atoms with Crippen molar-refractivity contribution in [1.82, 2.24) is 9.88 Å². The van der Waals surface area contributed by atoms with Gasteiger partial charge in [0.25, 0.3) is 0 Å². The highest BCUT2D eigenvalue weighted by atomic mass is 79.9. The fraction of sp³-hybridized carbons (Fsp3) is 0.333. The molecule has 0 radical (unpaired) electrons. The number of aromatic nitrogens is 1. The zero-order valence-electron chi connectivity index (χ0n) is 12.9. The van der Waals surface area contributed by atoms with Crippen molar-refractivity contribution in [3.05, 3.63) is 63.9 Å². The summed E-state index contributed by atoms with van der Waals surface area (Å²) in [7, 11) is 0. The van der Waals surface area contributed by atoms with Crippen LogP contribution in [0.5, 0.6) is 0 Å². The predicted octanol–water partition coefficient (Wildman–Crippen LogP) is 3.79. The Morgan fingerprint density at radius 2 is 2.22 bits per heavy atom. The van der Waals surface area contributed by atoms with E-state index >= 15 is 0 Å². The molecule has 23 heavy (non-hydrogen) atoms. The van der Waals surface area contributed by atoms with Crippen molar-refractivity contribution >= 4 is 21.9 Å². The maximum absolute atomic E-state index is 11.7. The molecule has 0 saturated carbocycles. The summed E-state index contributed by atoms with van der Waals surface area (Å²) in [5.41, 5.74) is 3.07. The van der Waals surface area contributed by atoms with Crippen LogP contribution < -0.4 is 0 Å². The summed E-state index contributed by atoms with van der Waals surface area (Å²) in [5, 5.41) is 9.58. The van der Waals surface area contributed by atoms with Crippen LogP contribution in [0.25, 0.3) is 0 Å². The van der Waals surface area contributed by atoms with Crippen molar-refractivity contribution in [2.75, 3.05) is 6.54 Å². The summed E-state index contributed by atoms with van der Waals surface area (Å²) in [5.74, 6) is -0.754. The fourth-order valence-corrected chi connectivity index (χ4v) is 3.75. The van der Waals surface area contributed by atoms with Crippen LogP contribution in [0.1, 0.15) is 35.7 Å². The number of rotatable bonds is 4. The van der Waals surface area contributed by atoms with Crippen LogP contribution in [-0.2, 0) is 4.79 Å². The molecule has 0 amide bonds. The van der Waals surface area contributed by atoms with E-state index in [-0.39, 0.29) is 6.04 Å². The molecule has 1 N–H and O–H groups in total. The molecule has 2 atom stereocenters. The lowest BCUT2D eigenvalue weighted by Crippen LogP contribution is -2.39. The normalized spacial score (nSPS) is 19.7. The third-order valence-electron chi connectivity index (χ3n) is 4.38. The number of aliphatic carboxylic acids is 1. The zero-order valence-corrected chi connectivity index (χ0v) is 14.5. The highest BCUT2D eigenvalue weighted by Gasteiger charge is 2.37. The molecule has 5 heteroatoms. The smallest absolute Gasteiger partial charge is 0.320 e. The topological polar surface area (TPSA) is 53.4 Å². The van der Waals surface area contributed by atoms with Gasteiger partial charge in [-0.25, -0.2) is 0 Å². The average Bonchev–Trinajstić information content (AvgIpc) is 2.99. The van der Waals surface area contributed by atoms with Crippen molar-refractivity contribution in [2.24, 2.45) is 0 Å². The molecule has 1 aromatic carbocycles. The minimum absolute atomic E-state index is 0.141. The van der Waals surface area contributed by atoms with Crippen molar-refractivity contribution in [3.63, 3.8) is 0 Å². The molecule has 2 heterocycles. The van der Waals surface area contributed by atoms with E-state index in [0.717, 1.165) is 34.3 Å². The van der Waals surface area contributed by atoms with Gasteiger partial charge in [-0.05, 0) is 49.1 Å². The lowest BCUT2D eigenvalue weighted by Gasteiger charge is -2.32. The van der Waals surface area contributed by atoms with Crippen LogP contribution in [0, 0.1) is 6.92 Å². The number of benzene rings is 1. The second-order valence-electron chi connectivity index (χ2n) is 5.90. The molecule has 120 valence electrons. The first-order valence-electron chi connectivity index (χ1n) is 7.73. The second-order valence-corrected chi connectivity index (χ2v) is 6.81. The van der Waals surface area contributed by atoms with Gasteiger partial charge in [0.2, 0.25) is 0 Å². The number of hydrogen-bond donors (Lipinski definition) is 1. The highest BCUT2D eigenvalue weighted by molar-refractivity contribution is 9.10. The van der Waals surface area contributed by atoms with Gasteiger partial charge < -0.3 is 5.11 Å². The molecule has 1 aliphatic rings. The van der Waals surface area contributed by atoms with Crippen molar-refractivity contribution in [2.45, 2.75) is 31.8 Å². The molecule has 0 bridgehead atoms. The van der Waals surface area contributed by atoms with E-state index < -0.39 is 12.0 Å². The first kappa shape index (κ1) is 16.1. The molecule has 1 fully saturated rings. The summed E-state index contributed by atoms with van der Waals surface area (Å²) < 4.78 is 0.986. The third-order valence-corrected chi connectivity index (χ3v) is 4.88. The van der Waals surface area contributed by atoms with Gasteiger partial charge in [0.15, 0.2) is 0 Å². The number of halogens is 1. The van der Waals surface area contributed by atoms with Crippen LogP contribution in [0.2, 0.25) is 0 Å². The number of aryl methyl sites for hydroxylation is 1. The van der Waals surface area contributed by atoms with Gasteiger partial charge in [0, 0.05) is 17.2 Å². The molecular formula is C18H19BrN2O2. The molecule has 2 aromatic rings. The summed E-state index contributed by atoms with van der Waals surface area (Å²) in [6, 6.07) is 11.4. The molecule has 1 aromatic heterocycles. The second kappa shape index (κ2) is 6.81. The van der Waals surface area contributed by atoms with Gasteiger partial charge in [-0.1, -0.05) is 34.1 Å². The van der Waals surface area contributed by atoms with Crippen LogP contribution in [0.4, 0.5) is 0 Å². The number of hydrogen-bond acceptors (Lipinski definition) is 3. The highest BCUT2D eigenvalue weighted by Crippen LogP contribution is 2.36. The molecule has 2 unspecified atom stereocenters. The third kappa shape index (κ3) is 3.31. The van der Waals surface area contributed by atoms with E-state index in [1.165, 1.54) is 0 Å². The van der Waals surface area contributed by atoms with Crippen molar-refractivity contribution in [1.29, 1.82) is 0 Å². The Bertz CT molecular complexity index is 720. The van der Waals surface area contributed by atoms with Crippen LogP contribution in [-0.4, -0.2) is 33.5 Å². The summed E-state index contributed by atoms with van der Waals surface area (Å²) in [4.78, 5) is 18.3. The number of nitrogens with zero attached hydrogens (tertiary/aromatic N) is 2. The minimum atomic E-state index is -0.754. The number of pyridine rings is 1. The zero-order chi connectivity index (χ0) is 16.4. The quantitative estimate of drug-likeness (QED) is 0.884. The predicted molar refractivity (Wildman–Crippen MR) is 92.3 cm³/mol. The van der Waals surface area contributed by atoms with Gasteiger partial charge in [0.1, 0.15) is 6.04 Å². The molecule has 4 nitrogen and oxygen atoms in total. The number of carboxylic acid groups (broad SMARTS) is 1.